The van der Waals surface area contributed by atoms with Crippen molar-refractivity contribution in [2.75, 3.05) is 0 Å². The number of thiophene rings is 1. The van der Waals surface area contributed by atoms with Crippen LogP contribution < -0.4 is 0 Å². The van der Waals surface area contributed by atoms with Crippen molar-refractivity contribution >= 4 is 38.8 Å². The van der Waals surface area contributed by atoms with E-state index < -0.39 is 0 Å². The van der Waals surface area contributed by atoms with Crippen LogP contribution in [0, 0.1) is 0 Å². The van der Waals surface area contributed by atoms with Crippen molar-refractivity contribution in [3.8, 4) is 0 Å². The molecule has 0 unspecified atom stereocenters. The largest absolute Gasteiger partial charge is 0.311 e. The minimum atomic E-state index is 0.569. The van der Waals surface area contributed by atoms with Gasteiger partial charge in [-0.05, 0) is 23.6 Å². The Morgan fingerprint density at radius 1 is 1.31 bits per heavy atom. The van der Waals surface area contributed by atoms with Crippen LogP contribution in [-0.4, -0.2) is 9.38 Å². The van der Waals surface area contributed by atoms with Crippen molar-refractivity contribution in [1.29, 1.82) is 0 Å². The monoisotopic (exact) mass is 208 g/mol. The summed E-state index contributed by atoms with van der Waals surface area (Å²) in [5, 5.41) is 2.59. The molecule has 0 aliphatic rings. The number of hydrogen-bond donors (Lipinski definition) is 0. The zero-order chi connectivity index (χ0) is 8.84. The Morgan fingerprint density at radius 2 is 2.23 bits per heavy atom. The molecule has 64 valence electrons. The number of halogens is 1. The molecule has 4 heteroatoms. The van der Waals surface area contributed by atoms with Gasteiger partial charge in [0.2, 0.25) is 0 Å². The fourth-order valence-corrected chi connectivity index (χ4v) is 2.51. The normalized spacial score (nSPS) is 11.5. The van der Waals surface area contributed by atoms with E-state index in [4.69, 9.17) is 11.6 Å². The van der Waals surface area contributed by atoms with E-state index in [9.17, 15) is 0 Å². The van der Waals surface area contributed by atoms with E-state index in [0.717, 1.165) is 15.9 Å². The maximum Gasteiger partial charge on any atom is 0.154 e. The Kier molecular flexibility index (Phi) is 1.39. The highest BCUT2D eigenvalue weighted by atomic mass is 35.5. The van der Waals surface area contributed by atoms with Crippen molar-refractivity contribution in [2.45, 2.75) is 0 Å². The molecule has 3 rings (SSSR count). The van der Waals surface area contributed by atoms with E-state index in [-0.39, 0.29) is 0 Å². The fraction of sp³-hybridized carbons (Fsp3) is 0. The second-order valence-electron chi connectivity index (χ2n) is 2.78. The van der Waals surface area contributed by atoms with Crippen LogP contribution in [0.2, 0.25) is 5.15 Å². The van der Waals surface area contributed by atoms with Gasteiger partial charge in [0.1, 0.15) is 4.83 Å². The minimum Gasteiger partial charge on any atom is -0.311 e. The summed E-state index contributed by atoms with van der Waals surface area (Å²) in [6, 6.07) is 5.99. The third kappa shape index (κ3) is 0.913. The Bertz CT molecular complexity index is 581. The summed E-state index contributed by atoms with van der Waals surface area (Å²) in [5.41, 5.74) is 2.09. The molecule has 0 bridgehead atoms. The van der Waals surface area contributed by atoms with E-state index in [1.165, 1.54) is 0 Å². The molecule has 0 saturated heterocycles. The van der Waals surface area contributed by atoms with Gasteiger partial charge in [0.05, 0.1) is 11.0 Å². The van der Waals surface area contributed by atoms with Crippen molar-refractivity contribution in [1.82, 2.24) is 9.38 Å². The lowest BCUT2D eigenvalue weighted by atomic mass is 10.5. The van der Waals surface area contributed by atoms with Crippen LogP contribution >= 0.6 is 22.9 Å². The third-order valence-electron chi connectivity index (χ3n) is 2.04. The maximum absolute atomic E-state index is 6.01. The summed E-state index contributed by atoms with van der Waals surface area (Å²) in [5.74, 6) is 0. The number of rotatable bonds is 0. The summed E-state index contributed by atoms with van der Waals surface area (Å²) in [6.07, 6.45) is 2.00. The molecule has 0 aliphatic heterocycles. The van der Waals surface area contributed by atoms with Crippen LogP contribution in [-0.2, 0) is 0 Å². The van der Waals surface area contributed by atoms with Gasteiger partial charge in [0.25, 0.3) is 0 Å². The fourth-order valence-electron chi connectivity index (χ4n) is 1.47. The predicted octanol–water partition coefficient (Wildman–Crippen LogP) is 3.20. The Hall–Kier alpha value is -1.06. The molecule has 0 radical (unpaired) electrons. The molecule has 3 aromatic heterocycles. The number of fused-ring (bicyclic) bond motifs is 3. The third-order valence-corrected chi connectivity index (χ3v) is 3.12. The summed E-state index contributed by atoms with van der Waals surface area (Å²) >= 11 is 7.61. The summed E-state index contributed by atoms with van der Waals surface area (Å²) in [4.78, 5) is 5.28. The first-order valence-corrected chi connectivity index (χ1v) is 5.12. The number of hydrogen-bond acceptors (Lipinski definition) is 2. The topological polar surface area (TPSA) is 17.3 Å². The second kappa shape index (κ2) is 2.47. The van der Waals surface area contributed by atoms with Gasteiger partial charge in [-0.15, -0.1) is 11.3 Å². The lowest BCUT2D eigenvalue weighted by Crippen LogP contribution is -1.86. The molecule has 0 N–H and O–H groups in total. The van der Waals surface area contributed by atoms with Crippen LogP contribution in [0.5, 0.6) is 0 Å². The Morgan fingerprint density at radius 3 is 3.15 bits per heavy atom. The van der Waals surface area contributed by atoms with Crippen molar-refractivity contribution in [3.63, 3.8) is 0 Å². The SMILES string of the molecule is Clc1nc2sccc2n2cccc12. The first-order valence-electron chi connectivity index (χ1n) is 3.86. The van der Waals surface area contributed by atoms with Gasteiger partial charge in [0.15, 0.2) is 5.15 Å². The molecule has 0 fully saturated rings. The highest BCUT2D eigenvalue weighted by Crippen LogP contribution is 2.25. The molecule has 2 nitrogen and oxygen atoms in total. The molecular weight excluding hydrogens is 204 g/mol. The molecule has 0 aliphatic carbocycles. The van der Waals surface area contributed by atoms with Crippen LogP contribution in [0.25, 0.3) is 15.9 Å². The zero-order valence-electron chi connectivity index (χ0n) is 6.57. The van der Waals surface area contributed by atoms with Crippen molar-refractivity contribution < 1.29 is 0 Å². The van der Waals surface area contributed by atoms with Gasteiger partial charge in [-0.1, -0.05) is 11.6 Å². The molecule has 0 aromatic carbocycles. The van der Waals surface area contributed by atoms with Crippen LogP contribution in [0.1, 0.15) is 0 Å². The Labute approximate surface area is 83.4 Å². The lowest BCUT2D eigenvalue weighted by Gasteiger charge is -1.98. The standard InChI is InChI=1S/C9H5ClN2S/c10-8-6-2-1-4-12(6)7-3-5-13-9(7)11-8/h1-5H. The van der Waals surface area contributed by atoms with Crippen LogP contribution in [0.3, 0.4) is 0 Å². The molecule has 0 amide bonds. The van der Waals surface area contributed by atoms with Gasteiger partial charge in [-0.25, -0.2) is 4.98 Å². The highest BCUT2D eigenvalue weighted by Gasteiger charge is 2.05. The van der Waals surface area contributed by atoms with E-state index in [0.29, 0.717) is 5.15 Å². The van der Waals surface area contributed by atoms with Gasteiger partial charge in [-0.2, -0.15) is 0 Å². The first-order chi connectivity index (χ1) is 6.36. The van der Waals surface area contributed by atoms with Crippen molar-refractivity contribution in [2.24, 2.45) is 0 Å². The second-order valence-corrected chi connectivity index (χ2v) is 4.03. The average Bonchev–Trinajstić information content (AvgIpc) is 2.66. The van der Waals surface area contributed by atoms with Gasteiger partial charge in [-0.3, -0.25) is 0 Å². The molecule has 0 atom stereocenters. The summed E-state index contributed by atoms with van der Waals surface area (Å²) in [6.45, 7) is 0. The predicted molar refractivity (Wildman–Crippen MR) is 55.6 cm³/mol. The van der Waals surface area contributed by atoms with Crippen molar-refractivity contribution in [3.05, 3.63) is 34.9 Å². The quantitative estimate of drug-likeness (QED) is 0.555. The van der Waals surface area contributed by atoms with Gasteiger partial charge >= 0.3 is 0 Å². The minimum absolute atomic E-state index is 0.569. The molecule has 0 spiro atoms. The van der Waals surface area contributed by atoms with E-state index in [1.54, 1.807) is 11.3 Å². The van der Waals surface area contributed by atoms with Crippen LogP contribution in [0.4, 0.5) is 0 Å². The van der Waals surface area contributed by atoms with E-state index in [2.05, 4.69) is 15.5 Å². The highest BCUT2D eigenvalue weighted by molar-refractivity contribution is 7.16. The molecule has 13 heavy (non-hydrogen) atoms. The number of aromatic nitrogens is 2. The molecule has 0 saturated carbocycles. The lowest BCUT2D eigenvalue weighted by molar-refractivity contribution is 1.24. The van der Waals surface area contributed by atoms with Gasteiger partial charge < -0.3 is 4.40 Å². The zero-order valence-corrected chi connectivity index (χ0v) is 8.14. The number of nitrogens with zero attached hydrogens (tertiary/aromatic N) is 2. The Balaban J connectivity index is 2.70. The smallest absolute Gasteiger partial charge is 0.154 e. The molecular formula is C9H5ClN2S. The first kappa shape index (κ1) is 7.35. The summed E-state index contributed by atoms with van der Waals surface area (Å²) in [7, 11) is 0. The maximum atomic E-state index is 6.01. The molecule has 3 aromatic rings. The summed E-state index contributed by atoms with van der Waals surface area (Å²) < 4.78 is 2.06. The van der Waals surface area contributed by atoms with E-state index in [1.807, 2.05) is 23.7 Å². The van der Waals surface area contributed by atoms with Gasteiger partial charge in [0, 0.05) is 6.20 Å². The van der Waals surface area contributed by atoms with E-state index >= 15 is 0 Å². The van der Waals surface area contributed by atoms with Crippen LogP contribution in [0.15, 0.2) is 29.8 Å². The molecule has 3 heterocycles. The average molecular weight is 209 g/mol.